The first-order chi connectivity index (χ1) is 10.0. The summed E-state index contributed by atoms with van der Waals surface area (Å²) in [6.07, 6.45) is 5.34. The van der Waals surface area contributed by atoms with Crippen LogP contribution in [0.3, 0.4) is 0 Å². The van der Waals surface area contributed by atoms with Gasteiger partial charge in [0.1, 0.15) is 5.75 Å². The molecule has 0 spiro atoms. The highest BCUT2D eigenvalue weighted by molar-refractivity contribution is 7.17. The molecule has 21 heavy (non-hydrogen) atoms. The normalized spacial score (nSPS) is 11.5. The second-order valence-corrected chi connectivity index (χ2v) is 6.03. The minimum atomic E-state index is -0.101. The Balaban J connectivity index is 1.92. The summed E-state index contributed by atoms with van der Waals surface area (Å²) in [7, 11) is 0. The van der Waals surface area contributed by atoms with Crippen molar-refractivity contribution in [2.45, 2.75) is 13.8 Å². The lowest BCUT2D eigenvalue weighted by atomic mass is 10.1. The molecule has 5 heteroatoms. The number of ketones is 1. The number of nitrogens with zero attached hydrogens (tertiary/aromatic N) is 2. The number of allylic oxidation sites excluding steroid dienone is 1. The predicted molar refractivity (Wildman–Crippen MR) is 84.0 cm³/mol. The molecular formula is C16H14N2O2S. The number of aryl methyl sites for hydroxylation is 2. The molecule has 0 amide bonds. The van der Waals surface area contributed by atoms with E-state index in [1.54, 1.807) is 29.5 Å². The molecule has 1 aromatic carbocycles. The Labute approximate surface area is 126 Å². The quantitative estimate of drug-likeness (QED) is 0.593. The molecule has 3 rings (SSSR count). The van der Waals surface area contributed by atoms with E-state index in [2.05, 4.69) is 4.98 Å². The van der Waals surface area contributed by atoms with E-state index in [0.717, 1.165) is 16.3 Å². The number of benzene rings is 1. The van der Waals surface area contributed by atoms with Crippen molar-refractivity contribution in [3.63, 3.8) is 0 Å². The van der Waals surface area contributed by atoms with Crippen molar-refractivity contribution < 1.29 is 9.90 Å². The largest absolute Gasteiger partial charge is 0.508 e. The van der Waals surface area contributed by atoms with Crippen molar-refractivity contribution in [2.75, 3.05) is 0 Å². The van der Waals surface area contributed by atoms with Gasteiger partial charge < -0.3 is 5.11 Å². The van der Waals surface area contributed by atoms with Gasteiger partial charge in [-0.25, -0.2) is 4.98 Å². The molecule has 0 fully saturated rings. The number of thiazole rings is 1. The monoisotopic (exact) mass is 298 g/mol. The van der Waals surface area contributed by atoms with E-state index in [9.17, 15) is 9.90 Å². The Morgan fingerprint density at radius 2 is 2.00 bits per heavy atom. The Hall–Kier alpha value is -2.40. The van der Waals surface area contributed by atoms with Crippen molar-refractivity contribution in [3.05, 3.63) is 58.4 Å². The summed E-state index contributed by atoms with van der Waals surface area (Å²) in [4.78, 5) is 18.7. The van der Waals surface area contributed by atoms with Crippen molar-refractivity contribution in [3.8, 4) is 5.75 Å². The van der Waals surface area contributed by atoms with Gasteiger partial charge in [-0.2, -0.15) is 0 Å². The zero-order valence-electron chi connectivity index (χ0n) is 11.7. The molecule has 0 aliphatic rings. The SMILES string of the molecule is Cc1cn2c(/C=C/C(=O)c3ccc(O)cc3)c(C)nc2s1. The van der Waals surface area contributed by atoms with Gasteiger partial charge in [-0.15, -0.1) is 11.3 Å². The van der Waals surface area contributed by atoms with Crippen LogP contribution in [0.1, 0.15) is 26.6 Å². The first-order valence-corrected chi connectivity index (χ1v) is 7.33. The number of phenols is 1. The molecule has 0 bridgehead atoms. The van der Waals surface area contributed by atoms with Crippen LogP contribution in [0.25, 0.3) is 11.0 Å². The van der Waals surface area contributed by atoms with Crippen LogP contribution in [0.2, 0.25) is 0 Å². The van der Waals surface area contributed by atoms with Gasteiger partial charge in [0.2, 0.25) is 0 Å². The highest BCUT2D eigenvalue weighted by Crippen LogP contribution is 2.21. The van der Waals surface area contributed by atoms with E-state index in [0.29, 0.717) is 5.56 Å². The summed E-state index contributed by atoms with van der Waals surface area (Å²) >= 11 is 1.62. The van der Waals surface area contributed by atoms with E-state index in [1.807, 2.05) is 24.4 Å². The first-order valence-electron chi connectivity index (χ1n) is 6.51. The number of aromatic hydroxyl groups is 1. The zero-order chi connectivity index (χ0) is 15.0. The molecule has 0 atom stereocenters. The minimum Gasteiger partial charge on any atom is -0.508 e. The molecule has 0 aliphatic carbocycles. The number of rotatable bonds is 3. The molecule has 2 aromatic heterocycles. The summed E-state index contributed by atoms with van der Waals surface area (Å²) in [6, 6.07) is 6.22. The second-order valence-electron chi connectivity index (χ2n) is 4.82. The van der Waals surface area contributed by atoms with Gasteiger partial charge in [-0.05, 0) is 50.3 Å². The van der Waals surface area contributed by atoms with Gasteiger partial charge in [0, 0.05) is 16.6 Å². The Kier molecular flexibility index (Phi) is 3.35. The maximum Gasteiger partial charge on any atom is 0.194 e. The highest BCUT2D eigenvalue weighted by Gasteiger charge is 2.09. The average Bonchev–Trinajstić information content (AvgIpc) is 2.92. The van der Waals surface area contributed by atoms with E-state index in [-0.39, 0.29) is 11.5 Å². The smallest absolute Gasteiger partial charge is 0.194 e. The van der Waals surface area contributed by atoms with Gasteiger partial charge in [-0.1, -0.05) is 0 Å². The fraction of sp³-hybridized carbons (Fsp3) is 0.125. The van der Waals surface area contributed by atoms with Gasteiger partial charge in [0.25, 0.3) is 0 Å². The number of phenolic OH excluding ortho intramolecular Hbond substituents is 1. The number of carbonyl (C=O) groups excluding carboxylic acids is 1. The maximum absolute atomic E-state index is 12.1. The summed E-state index contributed by atoms with van der Waals surface area (Å²) in [5.74, 6) is 0.0499. The molecule has 0 saturated heterocycles. The Bertz CT molecular complexity index is 841. The van der Waals surface area contributed by atoms with Gasteiger partial charge in [0.15, 0.2) is 10.7 Å². The lowest BCUT2D eigenvalue weighted by molar-refractivity contribution is 0.104. The predicted octanol–water partition coefficient (Wildman–Crippen LogP) is 3.61. The van der Waals surface area contributed by atoms with Crippen molar-refractivity contribution in [2.24, 2.45) is 0 Å². The van der Waals surface area contributed by atoms with Gasteiger partial charge in [0.05, 0.1) is 11.4 Å². The molecule has 0 unspecified atom stereocenters. The average molecular weight is 298 g/mol. The van der Waals surface area contributed by atoms with Gasteiger partial charge >= 0.3 is 0 Å². The van der Waals surface area contributed by atoms with Crippen LogP contribution in [0.4, 0.5) is 0 Å². The van der Waals surface area contributed by atoms with E-state index in [1.165, 1.54) is 23.1 Å². The Morgan fingerprint density at radius 3 is 2.71 bits per heavy atom. The molecule has 0 radical (unpaired) electrons. The third-order valence-electron chi connectivity index (χ3n) is 3.21. The number of fused-ring (bicyclic) bond motifs is 1. The first kappa shape index (κ1) is 13.6. The lowest BCUT2D eigenvalue weighted by Crippen LogP contribution is -1.94. The molecule has 1 N–H and O–H groups in total. The number of hydrogen-bond donors (Lipinski definition) is 1. The lowest BCUT2D eigenvalue weighted by Gasteiger charge is -1.97. The molecular weight excluding hydrogens is 284 g/mol. The third kappa shape index (κ3) is 2.60. The number of aromatic nitrogens is 2. The van der Waals surface area contributed by atoms with Crippen LogP contribution in [0, 0.1) is 13.8 Å². The van der Waals surface area contributed by atoms with Crippen LogP contribution in [0.15, 0.2) is 36.5 Å². The molecule has 2 heterocycles. The van der Waals surface area contributed by atoms with Crippen LogP contribution in [-0.2, 0) is 0 Å². The summed E-state index contributed by atoms with van der Waals surface area (Å²) < 4.78 is 2.00. The minimum absolute atomic E-state index is 0.101. The fourth-order valence-electron chi connectivity index (χ4n) is 2.16. The van der Waals surface area contributed by atoms with E-state index >= 15 is 0 Å². The van der Waals surface area contributed by atoms with Crippen molar-refractivity contribution in [1.82, 2.24) is 9.38 Å². The maximum atomic E-state index is 12.1. The summed E-state index contributed by atoms with van der Waals surface area (Å²) in [5, 5.41) is 9.24. The molecule has 0 saturated carbocycles. The summed E-state index contributed by atoms with van der Waals surface area (Å²) in [6.45, 7) is 3.96. The van der Waals surface area contributed by atoms with E-state index < -0.39 is 0 Å². The standard InChI is InChI=1S/C16H14N2O2S/c1-10-9-18-14(11(2)17-16(18)21-10)7-8-15(20)12-3-5-13(19)6-4-12/h3-9,19H,1-2H3/b8-7+. The third-order valence-corrected chi connectivity index (χ3v) is 4.11. The summed E-state index contributed by atoms with van der Waals surface area (Å²) in [5.41, 5.74) is 2.36. The van der Waals surface area contributed by atoms with E-state index in [4.69, 9.17) is 0 Å². The van der Waals surface area contributed by atoms with Crippen LogP contribution < -0.4 is 0 Å². The zero-order valence-corrected chi connectivity index (χ0v) is 12.5. The number of carbonyl (C=O) groups is 1. The van der Waals surface area contributed by atoms with Crippen molar-refractivity contribution in [1.29, 1.82) is 0 Å². The Morgan fingerprint density at radius 1 is 1.29 bits per heavy atom. The van der Waals surface area contributed by atoms with Crippen LogP contribution in [-0.4, -0.2) is 20.3 Å². The van der Waals surface area contributed by atoms with Crippen LogP contribution >= 0.6 is 11.3 Å². The number of hydrogen-bond acceptors (Lipinski definition) is 4. The topological polar surface area (TPSA) is 54.6 Å². The van der Waals surface area contributed by atoms with Crippen LogP contribution in [0.5, 0.6) is 5.75 Å². The fourth-order valence-corrected chi connectivity index (χ4v) is 3.04. The van der Waals surface area contributed by atoms with Crippen molar-refractivity contribution >= 4 is 28.2 Å². The molecule has 4 nitrogen and oxygen atoms in total. The molecule has 0 aliphatic heterocycles. The number of imidazole rings is 1. The van der Waals surface area contributed by atoms with Gasteiger partial charge in [-0.3, -0.25) is 9.20 Å². The molecule has 106 valence electrons. The highest BCUT2D eigenvalue weighted by atomic mass is 32.1. The molecule has 3 aromatic rings. The second kappa shape index (κ2) is 5.18.